The molecule has 0 fully saturated rings. The second-order valence-electron chi connectivity index (χ2n) is 3.35. The summed E-state index contributed by atoms with van der Waals surface area (Å²) < 4.78 is 8.36. The monoisotopic (exact) mass is 290 g/mol. The van der Waals surface area contributed by atoms with Gasteiger partial charge in [0.2, 0.25) is 5.65 Å². The Morgan fingerprint density at radius 1 is 1.29 bits per heavy atom. The number of halogens is 1. The van der Waals surface area contributed by atoms with E-state index in [1.165, 1.54) is 0 Å². The average molecular weight is 291 g/mol. The van der Waals surface area contributed by atoms with E-state index < -0.39 is 0 Å². The van der Waals surface area contributed by atoms with Gasteiger partial charge in [0.15, 0.2) is 0 Å². The van der Waals surface area contributed by atoms with Crippen molar-refractivity contribution < 1.29 is 4.74 Å². The maximum Gasteiger partial charge on any atom is 0.265 e. The topological polar surface area (TPSA) is 52.3 Å². The largest absolute Gasteiger partial charge is 0.436 e. The third-order valence-electron chi connectivity index (χ3n) is 2.19. The SMILES string of the molecule is Brc1cccc(Oc2nccn3cnnc23)c1. The third kappa shape index (κ3) is 1.99. The minimum Gasteiger partial charge on any atom is -0.436 e. The summed E-state index contributed by atoms with van der Waals surface area (Å²) in [5, 5.41) is 7.76. The summed E-state index contributed by atoms with van der Waals surface area (Å²) in [5.41, 5.74) is 0.590. The lowest BCUT2D eigenvalue weighted by atomic mass is 10.3. The van der Waals surface area contributed by atoms with Crippen LogP contribution >= 0.6 is 15.9 Å². The summed E-state index contributed by atoms with van der Waals surface area (Å²) in [4.78, 5) is 4.14. The Balaban J connectivity index is 2.02. The smallest absolute Gasteiger partial charge is 0.265 e. The van der Waals surface area contributed by atoms with Gasteiger partial charge in [-0.1, -0.05) is 22.0 Å². The van der Waals surface area contributed by atoms with Crippen LogP contribution in [-0.4, -0.2) is 19.6 Å². The van der Waals surface area contributed by atoms with Crippen molar-refractivity contribution in [2.45, 2.75) is 0 Å². The van der Waals surface area contributed by atoms with E-state index in [4.69, 9.17) is 4.74 Å². The van der Waals surface area contributed by atoms with E-state index in [9.17, 15) is 0 Å². The molecular formula is C11H7BrN4O. The molecule has 1 aromatic carbocycles. The van der Waals surface area contributed by atoms with Crippen LogP contribution in [0.4, 0.5) is 0 Å². The predicted octanol–water partition coefficient (Wildman–Crippen LogP) is 2.68. The zero-order valence-electron chi connectivity index (χ0n) is 8.62. The molecule has 17 heavy (non-hydrogen) atoms. The van der Waals surface area contributed by atoms with Gasteiger partial charge in [-0.3, -0.25) is 4.40 Å². The van der Waals surface area contributed by atoms with Crippen molar-refractivity contribution in [3.63, 3.8) is 0 Å². The molecule has 3 rings (SSSR count). The van der Waals surface area contributed by atoms with Gasteiger partial charge in [-0.05, 0) is 18.2 Å². The van der Waals surface area contributed by atoms with Crippen LogP contribution in [0.25, 0.3) is 5.65 Å². The van der Waals surface area contributed by atoms with E-state index in [1.807, 2.05) is 24.3 Å². The van der Waals surface area contributed by atoms with Crippen molar-refractivity contribution in [2.24, 2.45) is 0 Å². The van der Waals surface area contributed by atoms with Crippen molar-refractivity contribution in [3.8, 4) is 11.6 Å². The second kappa shape index (κ2) is 4.14. The van der Waals surface area contributed by atoms with Gasteiger partial charge in [0.1, 0.15) is 12.1 Å². The van der Waals surface area contributed by atoms with E-state index in [-0.39, 0.29) is 0 Å². The molecular weight excluding hydrogens is 284 g/mol. The summed E-state index contributed by atoms with van der Waals surface area (Å²) in [7, 11) is 0. The number of hydrogen-bond donors (Lipinski definition) is 0. The maximum absolute atomic E-state index is 5.67. The van der Waals surface area contributed by atoms with Gasteiger partial charge in [-0.15, -0.1) is 10.2 Å². The molecule has 5 nitrogen and oxygen atoms in total. The summed E-state index contributed by atoms with van der Waals surface area (Å²) >= 11 is 3.38. The Bertz CT molecular complexity index is 667. The van der Waals surface area contributed by atoms with Crippen LogP contribution in [0.5, 0.6) is 11.6 Å². The van der Waals surface area contributed by atoms with E-state index in [2.05, 4.69) is 31.1 Å². The molecule has 2 aromatic heterocycles. The summed E-state index contributed by atoms with van der Waals surface area (Å²) in [6.07, 6.45) is 5.01. The molecule has 0 saturated heterocycles. The van der Waals surface area contributed by atoms with Gasteiger partial charge in [0.05, 0.1) is 0 Å². The summed E-state index contributed by atoms with van der Waals surface area (Å²) in [6.45, 7) is 0. The highest BCUT2D eigenvalue weighted by Gasteiger charge is 2.07. The highest BCUT2D eigenvalue weighted by Crippen LogP contribution is 2.24. The molecule has 0 unspecified atom stereocenters. The van der Waals surface area contributed by atoms with Gasteiger partial charge >= 0.3 is 0 Å². The normalized spacial score (nSPS) is 10.6. The second-order valence-corrected chi connectivity index (χ2v) is 4.27. The summed E-state index contributed by atoms with van der Waals surface area (Å²) in [6, 6.07) is 7.54. The van der Waals surface area contributed by atoms with Crippen LogP contribution in [0.3, 0.4) is 0 Å². The van der Waals surface area contributed by atoms with Crippen molar-refractivity contribution in [3.05, 3.63) is 47.5 Å². The first kappa shape index (κ1) is 10.2. The Kier molecular flexibility index (Phi) is 2.49. The molecule has 0 bridgehead atoms. The first-order chi connectivity index (χ1) is 8.33. The fraction of sp³-hybridized carbons (Fsp3) is 0. The fourth-order valence-corrected chi connectivity index (χ4v) is 1.83. The Hall–Kier alpha value is -1.95. The summed E-state index contributed by atoms with van der Waals surface area (Å²) in [5.74, 6) is 1.13. The Morgan fingerprint density at radius 2 is 2.24 bits per heavy atom. The first-order valence-electron chi connectivity index (χ1n) is 4.91. The van der Waals surface area contributed by atoms with Crippen LogP contribution in [0, 0.1) is 0 Å². The lowest BCUT2D eigenvalue weighted by Gasteiger charge is -2.05. The van der Waals surface area contributed by atoms with Crippen molar-refractivity contribution in [1.82, 2.24) is 19.6 Å². The lowest BCUT2D eigenvalue weighted by Crippen LogP contribution is -1.92. The molecule has 0 aliphatic heterocycles. The van der Waals surface area contributed by atoms with Gasteiger partial charge in [0.25, 0.3) is 5.88 Å². The zero-order chi connectivity index (χ0) is 11.7. The van der Waals surface area contributed by atoms with Crippen molar-refractivity contribution in [1.29, 1.82) is 0 Å². The number of benzene rings is 1. The molecule has 6 heteroatoms. The van der Waals surface area contributed by atoms with Gasteiger partial charge < -0.3 is 4.74 Å². The van der Waals surface area contributed by atoms with Crippen LogP contribution in [0.15, 0.2) is 47.5 Å². The molecule has 0 spiro atoms. The lowest BCUT2D eigenvalue weighted by molar-refractivity contribution is 0.464. The van der Waals surface area contributed by atoms with Crippen LogP contribution in [-0.2, 0) is 0 Å². The van der Waals surface area contributed by atoms with Crippen molar-refractivity contribution in [2.75, 3.05) is 0 Å². The molecule has 0 atom stereocenters. The number of nitrogens with zero attached hydrogens (tertiary/aromatic N) is 4. The number of aromatic nitrogens is 4. The molecule has 0 aliphatic rings. The quantitative estimate of drug-likeness (QED) is 0.728. The molecule has 2 heterocycles. The molecule has 3 aromatic rings. The number of hydrogen-bond acceptors (Lipinski definition) is 4. The zero-order valence-corrected chi connectivity index (χ0v) is 10.2. The number of ether oxygens (including phenoxy) is 1. The Labute approximate surface area is 105 Å². The highest BCUT2D eigenvalue weighted by molar-refractivity contribution is 9.10. The van der Waals surface area contributed by atoms with Gasteiger partial charge in [-0.2, -0.15) is 0 Å². The fourth-order valence-electron chi connectivity index (χ4n) is 1.45. The third-order valence-corrected chi connectivity index (χ3v) is 2.69. The van der Waals surface area contributed by atoms with Gasteiger partial charge in [0, 0.05) is 16.9 Å². The minimum atomic E-state index is 0.433. The van der Waals surface area contributed by atoms with Gasteiger partial charge in [-0.25, -0.2) is 4.98 Å². The first-order valence-corrected chi connectivity index (χ1v) is 5.70. The number of fused-ring (bicyclic) bond motifs is 1. The van der Waals surface area contributed by atoms with Crippen molar-refractivity contribution >= 4 is 21.6 Å². The molecule has 0 radical (unpaired) electrons. The molecule has 0 aliphatic carbocycles. The minimum absolute atomic E-state index is 0.433. The van der Waals surface area contributed by atoms with Crippen LogP contribution in [0.2, 0.25) is 0 Å². The maximum atomic E-state index is 5.67. The van der Waals surface area contributed by atoms with E-state index >= 15 is 0 Å². The predicted molar refractivity (Wildman–Crippen MR) is 65.0 cm³/mol. The van der Waals surface area contributed by atoms with E-state index in [1.54, 1.807) is 23.1 Å². The molecule has 0 saturated carbocycles. The standard InChI is InChI=1S/C11H7BrN4O/c12-8-2-1-3-9(6-8)17-11-10-15-14-7-16(10)5-4-13-11/h1-7H. The van der Waals surface area contributed by atoms with E-state index in [0.29, 0.717) is 17.3 Å². The van der Waals surface area contributed by atoms with Crippen LogP contribution < -0.4 is 4.74 Å². The average Bonchev–Trinajstić information content (AvgIpc) is 2.78. The van der Waals surface area contributed by atoms with Crippen LogP contribution in [0.1, 0.15) is 0 Å². The Morgan fingerprint density at radius 3 is 3.12 bits per heavy atom. The van der Waals surface area contributed by atoms with E-state index in [0.717, 1.165) is 4.47 Å². The number of rotatable bonds is 2. The molecule has 0 N–H and O–H groups in total. The molecule has 0 amide bonds. The highest BCUT2D eigenvalue weighted by atomic mass is 79.9. The molecule has 84 valence electrons.